The molecule has 1 unspecified atom stereocenters. The Labute approximate surface area is 75.4 Å². The smallest absolute Gasteiger partial charge is 0.0259 e. The van der Waals surface area contributed by atoms with Gasteiger partial charge in [0.2, 0.25) is 0 Å². The van der Waals surface area contributed by atoms with Crippen molar-refractivity contribution in [2.45, 2.75) is 0 Å². The summed E-state index contributed by atoms with van der Waals surface area (Å²) in [7, 11) is 0. The molecule has 2 rings (SSSR count). The van der Waals surface area contributed by atoms with Gasteiger partial charge in [-0.2, -0.15) is 0 Å². The van der Waals surface area contributed by atoms with E-state index in [0.29, 0.717) is 0 Å². The van der Waals surface area contributed by atoms with Crippen LogP contribution in [-0.2, 0) is 11.1 Å². The SMILES string of the molecule is Brc1cc2ccc1=2.CS(=O)[O-]. The van der Waals surface area contributed by atoms with E-state index in [1.165, 1.54) is 14.9 Å². The highest BCUT2D eigenvalue weighted by atomic mass is 79.9. The highest BCUT2D eigenvalue weighted by molar-refractivity contribution is 9.10. The van der Waals surface area contributed by atoms with E-state index in [0.717, 1.165) is 6.26 Å². The minimum Gasteiger partial charge on any atom is -0.773 e. The Hall–Kier alpha value is -0.190. The summed E-state index contributed by atoms with van der Waals surface area (Å²) in [6.45, 7) is 0. The van der Waals surface area contributed by atoms with Gasteiger partial charge < -0.3 is 4.55 Å². The van der Waals surface area contributed by atoms with Gasteiger partial charge in [-0.25, -0.2) is 0 Å². The second-order valence-electron chi connectivity index (χ2n) is 2.10. The molecule has 0 spiro atoms. The molecule has 0 heterocycles. The molecule has 0 N–H and O–H groups in total. The first kappa shape index (κ1) is 8.90. The molecule has 2 aliphatic carbocycles. The normalized spacial score (nSPS) is 13.0. The average molecular weight is 234 g/mol. The maximum atomic E-state index is 9.00. The summed E-state index contributed by atoms with van der Waals surface area (Å²) in [5, 5.41) is 2.78. The molecule has 0 bridgehead atoms. The zero-order valence-electron chi connectivity index (χ0n) is 5.83. The van der Waals surface area contributed by atoms with E-state index in [2.05, 4.69) is 34.1 Å². The predicted octanol–water partition coefficient (Wildman–Crippen LogP) is 1.54. The molecule has 0 saturated carbocycles. The molecule has 0 aromatic carbocycles. The van der Waals surface area contributed by atoms with Crippen LogP contribution in [0.4, 0.5) is 0 Å². The molecule has 11 heavy (non-hydrogen) atoms. The third kappa shape index (κ3) is 2.12. The highest BCUT2D eigenvalue weighted by Crippen LogP contribution is 2.20. The molecular formula is C7H6BrO2S-. The monoisotopic (exact) mass is 233 g/mol. The fraction of sp³-hybridized carbons (Fsp3) is 0.143. The molecule has 2 aliphatic rings. The van der Waals surface area contributed by atoms with Gasteiger partial charge in [0.25, 0.3) is 0 Å². The van der Waals surface area contributed by atoms with Crippen LogP contribution in [0.2, 0.25) is 0 Å². The predicted molar refractivity (Wildman–Crippen MR) is 46.7 cm³/mol. The number of benzene rings is 1. The maximum absolute atomic E-state index is 9.00. The van der Waals surface area contributed by atoms with E-state index >= 15 is 0 Å². The van der Waals surface area contributed by atoms with Gasteiger partial charge in [-0.15, -0.1) is 0 Å². The summed E-state index contributed by atoms with van der Waals surface area (Å²) in [4.78, 5) is 0. The lowest BCUT2D eigenvalue weighted by molar-refractivity contribution is 0.543. The second kappa shape index (κ2) is 3.47. The van der Waals surface area contributed by atoms with Crippen molar-refractivity contribution in [1.82, 2.24) is 0 Å². The molecule has 0 amide bonds. The van der Waals surface area contributed by atoms with Crippen molar-refractivity contribution in [1.29, 1.82) is 0 Å². The maximum Gasteiger partial charge on any atom is 0.0259 e. The van der Waals surface area contributed by atoms with Gasteiger partial charge in [-0.3, -0.25) is 4.21 Å². The summed E-state index contributed by atoms with van der Waals surface area (Å²) in [5.41, 5.74) is 0. The van der Waals surface area contributed by atoms with Crippen molar-refractivity contribution in [2.24, 2.45) is 0 Å². The Morgan fingerprint density at radius 1 is 1.55 bits per heavy atom. The summed E-state index contributed by atoms with van der Waals surface area (Å²) in [5.74, 6) is 0. The van der Waals surface area contributed by atoms with Gasteiger partial charge in [0, 0.05) is 4.47 Å². The third-order valence-corrected chi connectivity index (χ3v) is 1.94. The van der Waals surface area contributed by atoms with Gasteiger partial charge in [0.1, 0.15) is 0 Å². The Bertz CT molecular complexity index is 371. The molecule has 1 atom stereocenters. The molecule has 0 radical (unpaired) electrons. The fourth-order valence-corrected chi connectivity index (χ4v) is 1.35. The second-order valence-corrected chi connectivity index (χ2v) is 3.75. The van der Waals surface area contributed by atoms with Gasteiger partial charge in [0.15, 0.2) is 0 Å². The molecule has 2 nitrogen and oxygen atoms in total. The Morgan fingerprint density at radius 3 is 2.09 bits per heavy atom. The van der Waals surface area contributed by atoms with E-state index in [1.54, 1.807) is 0 Å². The molecule has 0 aromatic heterocycles. The van der Waals surface area contributed by atoms with Crippen molar-refractivity contribution >= 4 is 27.0 Å². The van der Waals surface area contributed by atoms with Crippen LogP contribution in [0, 0.1) is 10.4 Å². The van der Waals surface area contributed by atoms with E-state index in [1.807, 2.05) is 0 Å². The summed E-state index contributed by atoms with van der Waals surface area (Å²) in [6.07, 6.45) is 1.08. The molecular weight excluding hydrogens is 228 g/mol. The number of rotatable bonds is 0. The number of hydrogen-bond donors (Lipinski definition) is 0. The van der Waals surface area contributed by atoms with Crippen LogP contribution in [0.25, 0.3) is 0 Å². The van der Waals surface area contributed by atoms with Crippen LogP contribution in [0.5, 0.6) is 0 Å². The molecule has 0 saturated heterocycles. The summed E-state index contributed by atoms with van der Waals surface area (Å²) < 4.78 is 19.3. The average Bonchev–Trinajstić information content (AvgIpc) is 1.81. The number of hydrogen-bond acceptors (Lipinski definition) is 2. The minimum absolute atomic E-state index is 1.08. The van der Waals surface area contributed by atoms with Crippen molar-refractivity contribution < 1.29 is 8.76 Å². The van der Waals surface area contributed by atoms with Gasteiger partial charge in [0.05, 0.1) is 0 Å². The third-order valence-electron chi connectivity index (χ3n) is 1.28. The van der Waals surface area contributed by atoms with E-state index in [9.17, 15) is 0 Å². The first-order valence-electron chi connectivity index (χ1n) is 2.92. The molecule has 60 valence electrons. The van der Waals surface area contributed by atoms with Gasteiger partial charge >= 0.3 is 0 Å². The number of halogens is 1. The first-order chi connectivity index (χ1) is 5.11. The zero-order valence-corrected chi connectivity index (χ0v) is 8.24. The van der Waals surface area contributed by atoms with Gasteiger partial charge in [-0.1, -0.05) is 39.1 Å². The Kier molecular flexibility index (Phi) is 2.81. The van der Waals surface area contributed by atoms with Crippen LogP contribution in [0.15, 0.2) is 22.7 Å². The Balaban J connectivity index is 0.000000134. The lowest BCUT2D eigenvalue weighted by Crippen LogP contribution is -1.85. The molecule has 0 aliphatic heterocycles. The van der Waals surface area contributed by atoms with E-state index in [-0.39, 0.29) is 0 Å². The van der Waals surface area contributed by atoms with Crippen molar-refractivity contribution in [2.75, 3.05) is 6.26 Å². The lowest BCUT2D eigenvalue weighted by atomic mass is 10.1. The van der Waals surface area contributed by atoms with Crippen LogP contribution in [-0.4, -0.2) is 15.0 Å². The summed E-state index contributed by atoms with van der Waals surface area (Å²) >= 11 is 1.51. The van der Waals surface area contributed by atoms with E-state index < -0.39 is 11.1 Å². The lowest BCUT2D eigenvalue weighted by Gasteiger charge is -2.02. The van der Waals surface area contributed by atoms with Gasteiger partial charge in [-0.05, 0) is 22.8 Å². The van der Waals surface area contributed by atoms with Crippen LogP contribution in [0.3, 0.4) is 0 Å². The van der Waals surface area contributed by atoms with E-state index in [4.69, 9.17) is 8.76 Å². The molecule has 0 aromatic rings. The molecule has 4 heteroatoms. The zero-order chi connectivity index (χ0) is 8.43. The van der Waals surface area contributed by atoms with Crippen LogP contribution in [0.1, 0.15) is 0 Å². The Morgan fingerprint density at radius 2 is 2.09 bits per heavy atom. The minimum atomic E-state index is -1.86. The van der Waals surface area contributed by atoms with Crippen molar-refractivity contribution in [3.63, 3.8) is 0 Å². The highest BCUT2D eigenvalue weighted by Gasteiger charge is 1.99. The quantitative estimate of drug-likeness (QED) is 0.648. The standard InChI is InChI=1S/C6H3Br.CH4O2S/c7-6-3-4-1-2-5(4)6;1-4(2)3/h1-3H;1H3,(H,2,3)/p-1. The first-order valence-corrected chi connectivity index (χ1v) is 5.19. The molecule has 0 fully saturated rings. The largest absolute Gasteiger partial charge is 0.773 e. The summed E-state index contributed by atoms with van der Waals surface area (Å²) in [6, 6.07) is 6.34. The van der Waals surface area contributed by atoms with Crippen molar-refractivity contribution in [3.8, 4) is 0 Å². The van der Waals surface area contributed by atoms with Crippen LogP contribution < -0.4 is 0 Å². The van der Waals surface area contributed by atoms with Crippen LogP contribution >= 0.6 is 15.9 Å². The topological polar surface area (TPSA) is 40.1 Å². The fourth-order valence-electron chi connectivity index (χ4n) is 0.743. The van der Waals surface area contributed by atoms with Crippen molar-refractivity contribution in [3.05, 3.63) is 33.1 Å².